The van der Waals surface area contributed by atoms with Gasteiger partial charge in [0.15, 0.2) is 0 Å². The van der Waals surface area contributed by atoms with Crippen molar-refractivity contribution in [3.63, 3.8) is 0 Å². The molecule has 200 valence electrons. The molecule has 2 aromatic carbocycles. The smallest absolute Gasteiger partial charge is 0.118 e. The molecule has 0 saturated carbocycles. The summed E-state index contributed by atoms with van der Waals surface area (Å²) in [4.78, 5) is 10.2. The second-order valence-corrected chi connectivity index (χ2v) is 10.7. The van der Waals surface area contributed by atoms with E-state index >= 15 is 0 Å². The Balaban J connectivity index is 1.18. The Kier molecular flexibility index (Phi) is 7.76. The molecule has 3 saturated heterocycles. The van der Waals surface area contributed by atoms with E-state index < -0.39 is 0 Å². The number of likely N-dealkylation sites (tertiary alicyclic amines) is 1. The predicted molar refractivity (Wildman–Crippen MR) is 156 cm³/mol. The van der Waals surface area contributed by atoms with Crippen molar-refractivity contribution >= 4 is 11.4 Å². The first-order chi connectivity index (χ1) is 18.8. The summed E-state index contributed by atoms with van der Waals surface area (Å²) in [7, 11) is 1.70. The summed E-state index contributed by atoms with van der Waals surface area (Å²) in [5.41, 5.74) is 6.59. The zero-order valence-electron chi connectivity index (χ0n) is 22.5. The van der Waals surface area contributed by atoms with Crippen LogP contribution in [0.4, 0.5) is 11.4 Å². The monoisotopic (exact) mass is 512 g/mol. The number of piperazine rings is 1. The number of benzene rings is 2. The van der Waals surface area contributed by atoms with Crippen LogP contribution in [-0.2, 0) is 0 Å². The Morgan fingerprint density at radius 2 is 1.61 bits per heavy atom. The van der Waals surface area contributed by atoms with E-state index in [0.29, 0.717) is 0 Å². The maximum atomic E-state index is 5.37. The number of rotatable bonds is 9. The van der Waals surface area contributed by atoms with Crippen molar-refractivity contribution in [2.24, 2.45) is 0 Å². The number of aromatic nitrogens is 1. The van der Waals surface area contributed by atoms with Gasteiger partial charge in [-0.1, -0.05) is 12.1 Å². The molecule has 1 aromatic heterocycles. The first-order valence-corrected chi connectivity index (χ1v) is 14.2. The third-order valence-electron chi connectivity index (χ3n) is 8.31. The van der Waals surface area contributed by atoms with Crippen LogP contribution in [0.1, 0.15) is 19.3 Å². The Morgan fingerprint density at radius 3 is 2.32 bits per heavy atom. The minimum absolute atomic E-state index is 0.718. The molecular formula is C31H40N6O. The van der Waals surface area contributed by atoms with Crippen LogP contribution in [-0.4, -0.2) is 81.4 Å². The van der Waals surface area contributed by atoms with Crippen LogP contribution in [0.5, 0.6) is 5.75 Å². The molecule has 3 N–H and O–H groups in total. The molecule has 38 heavy (non-hydrogen) atoms. The van der Waals surface area contributed by atoms with Gasteiger partial charge in [-0.25, -0.2) is 4.98 Å². The van der Waals surface area contributed by atoms with Crippen molar-refractivity contribution in [1.29, 1.82) is 0 Å². The van der Waals surface area contributed by atoms with E-state index in [1.165, 1.54) is 31.6 Å². The molecule has 2 atom stereocenters. The largest absolute Gasteiger partial charge is 0.497 e. The van der Waals surface area contributed by atoms with Crippen molar-refractivity contribution in [2.75, 3.05) is 69.7 Å². The van der Waals surface area contributed by atoms with Crippen LogP contribution in [0.3, 0.4) is 0 Å². The highest BCUT2D eigenvalue weighted by Gasteiger charge is 2.36. The lowest BCUT2D eigenvalue weighted by Gasteiger charge is -2.29. The van der Waals surface area contributed by atoms with Gasteiger partial charge in [0.25, 0.3) is 0 Å². The lowest BCUT2D eigenvalue weighted by Crippen LogP contribution is -2.43. The average molecular weight is 513 g/mol. The zero-order chi connectivity index (χ0) is 25.7. The first kappa shape index (κ1) is 25.2. The van der Waals surface area contributed by atoms with Gasteiger partial charge in [-0.3, -0.25) is 4.90 Å². The topological polar surface area (TPSA) is 64.7 Å². The number of hydrogen-bond donors (Lipinski definition) is 3. The van der Waals surface area contributed by atoms with Gasteiger partial charge in [0, 0.05) is 80.4 Å². The van der Waals surface area contributed by atoms with Crippen molar-refractivity contribution in [2.45, 2.75) is 31.3 Å². The molecule has 0 aliphatic carbocycles. The molecule has 3 aliphatic heterocycles. The van der Waals surface area contributed by atoms with Crippen LogP contribution < -0.4 is 25.6 Å². The fourth-order valence-electron chi connectivity index (χ4n) is 6.20. The number of nitrogens with one attached hydrogen (secondary N) is 3. The SMILES string of the molecule is COc1ccc(-c2cc(NCCCN3CCC4NCCC43)cc(-c3ccc(N4CCNCC4)cc3)n2)cc1. The highest BCUT2D eigenvalue weighted by Crippen LogP contribution is 2.30. The van der Waals surface area contributed by atoms with Gasteiger partial charge in [0.1, 0.15) is 5.75 Å². The standard InChI is InChI=1S/C31H40N6O/c1-38-27-9-5-24(6-10-27)30-22-25(33-13-2-17-37-18-12-28-31(37)11-14-34-28)21-29(35-30)23-3-7-26(8-4-23)36-19-15-32-16-20-36/h3-10,21-22,28,31-32,34H,2,11-20H2,1H3,(H,33,35). The molecule has 3 aliphatic rings. The molecule has 0 amide bonds. The Morgan fingerprint density at radius 1 is 0.895 bits per heavy atom. The highest BCUT2D eigenvalue weighted by atomic mass is 16.5. The molecule has 7 heteroatoms. The molecule has 2 unspecified atom stereocenters. The molecule has 7 nitrogen and oxygen atoms in total. The van der Waals surface area contributed by atoms with Gasteiger partial charge < -0.3 is 25.6 Å². The Hall–Kier alpha value is -3.13. The summed E-state index contributed by atoms with van der Waals surface area (Å²) in [5.74, 6) is 0.855. The van der Waals surface area contributed by atoms with E-state index in [4.69, 9.17) is 9.72 Å². The van der Waals surface area contributed by atoms with Crippen molar-refractivity contribution < 1.29 is 4.74 Å². The second kappa shape index (κ2) is 11.7. The maximum Gasteiger partial charge on any atom is 0.118 e. The number of nitrogens with zero attached hydrogens (tertiary/aromatic N) is 3. The molecule has 6 rings (SSSR count). The van der Waals surface area contributed by atoms with Crippen LogP contribution in [0, 0.1) is 0 Å². The summed E-state index contributed by atoms with van der Waals surface area (Å²) in [6.45, 7) is 8.70. The lowest BCUT2D eigenvalue weighted by molar-refractivity contribution is 0.253. The highest BCUT2D eigenvalue weighted by molar-refractivity contribution is 5.73. The van der Waals surface area contributed by atoms with Gasteiger partial charge in [-0.05, 0) is 74.3 Å². The quantitative estimate of drug-likeness (QED) is 0.374. The van der Waals surface area contributed by atoms with Crippen LogP contribution >= 0.6 is 0 Å². The molecule has 4 heterocycles. The second-order valence-electron chi connectivity index (χ2n) is 10.7. The molecule has 3 aromatic rings. The summed E-state index contributed by atoms with van der Waals surface area (Å²) in [6, 6.07) is 22.9. The zero-order valence-corrected chi connectivity index (χ0v) is 22.5. The average Bonchev–Trinajstić information content (AvgIpc) is 3.61. The molecular weight excluding hydrogens is 472 g/mol. The first-order valence-electron chi connectivity index (χ1n) is 14.2. The minimum Gasteiger partial charge on any atom is -0.497 e. The van der Waals surface area contributed by atoms with Crippen molar-refractivity contribution in [3.8, 4) is 28.3 Å². The fraction of sp³-hybridized carbons (Fsp3) is 0.452. The minimum atomic E-state index is 0.718. The van der Waals surface area contributed by atoms with E-state index in [1.54, 1.807) is 7.11 Å². The van der Waals surface area contributed by atoms with E-state index in [0.717, 1.165) is 91.7 Å². The summed E-state index contributed by atoms with van der Waals surface area (Å²) in [6.07, 6.45) is 3.73. The van der Waals surface area contributed by atoms with Crippen LogP contribution in [0.2, 0.25) is 0 Å². The summed E-state index contributed by atoms with van der Waals surface area (Å²) >= 11 is 0. The number of hydrogen-bond acceptors (Lipinski definition) is 7. The molecule has 3 fully saturated rings. The van der Waals surface area contributed by atoms with Crippen molar-refractivity contribution in [1.82, 2.24) is 20.5 Å². The fourth-order valence-corrected chi connectivity index (χ4v) is 6.20. The van der Waals surface area contributed by atoms with Gasteiger partial charge in [-0.2, -0.15) is 0 Å². The van der Waals surface area contributed by atoms with Crippen LogP contribution in [0.25, 0.3) is 22.5 Å². The Labute approximate surface area is 226 Å². The Bertz CT molecular complexity index is 1190. The number of ether oxygens (including phenoxy) is 1. The van der Waals surface area contributed by atoms with Crippen LogP contribution in [0.15, 0.2) is 60.7 Å². The van der Waals surface area contributed by atoms with Gasteiger partial charge in [-0.15, -0.1) is 0 Å². The molecule has 0 spiro atoms. The van der Waals surface area contributed by atoms with E-state index in [2.05, 4.69) is 74.3 Å². The molecule has 0 bridgehead atoms. The van der Waals surface area contributed by atoms with E-state index in [-0.39, 0.29) is 0 Å². The van der Waals surface area contributed by atoms with Gasteiger partial charge in [0.05, 0.1) is 18.5 Å². The normalized spacial score (nSPS) is 21.4. The summed E-state index contributed by atoms with van der Waals surface area (Å²) in [5, 5.41) is 10.8. The number of methoxy groups -OCH3 is 1. The summed E-state index contributed by atoms with van der Waals surface area (Å²) < 4.78 is 5.37. The third kappa shape index (κ3) is 5.65. The van der Waals surface area contributed by atoms with E-state index in [9.17, 15) is 0 Å². The van der Waals surface area contributed by atoms with Gasteiger partial charge in [0.2, 0.25) is 0 Å². The van der Waals surface area contributed by atoms with E-state index in [1.807, 2.05) is 12.1 Å². The number of anilines is 2. The third-order valence-corrected chi connectivity index (χ3v) is 8.31. The lowest BCUT2D eigenvalue weighted by atomic mass is 10.1. The molecule has 0 radical (unpaired) electrons. The van der Waals surface area contributed by atoms with Gasteiger partial charge >= 0.3 is 0 Å². The number of pyridine rings is 1. The number of fused-ring (bicyclic) bond motifs is 1. The van der Waals surface area contributed by atoms with Crippen molar-refractivity contribution in [3.05, 3.63) is 60.7 Å². The maximum absolute atomic E-state index is 5.37. The predicted octanol–water partition coefficient (Wildman–Crippen LogP) is 4.07.